The minimum Gasteiger partial charge on any atom is -0.497 e. The van der Waals surface area contributed by atoms with Gasteiger partial charge in [-0.05, 0) is 67.3 Å². The summed E-state index contributed by atoms with van der Waals surface area (Å²) in [4.78, 5) is 24.7. The average molecular weight is 420 g/mol. The second-order valence-electron chi connectivity index (χ2n) is 6.72. The van der Waals surface area contributed by atoms with E-state index in [1.54, 1.807) is 55.6 Å². The first-order valence-corrected chi connectivity index (χ1v) is 9.26. The Morgan fingerprint density at radius 1 is 1.00 bits per heavy atom. The fraction of sp³-hybridized carbons (Fsp3) is 0.333. The number of benzene rings is 2. The molecule has 0 saturated carbocycles. The van der Waals surface area contributed by atoms with Crippen molar-refractivity contribution in [2.45, 2.75) is 18.9 Å². The highest BCUT2D eigenvalue weighted by molar-refractivity contribution is 6.04. The summed E-state index contributed by atoms with van der Waals surface area (Å²) in [6.07, 6.45) is 1.58. The summed E-state index contributed by atoms with van der Waals surface area (Å²) in [5, 5.41) is 5.63. The highest BCUT2D eigenvalue weighted by Gasteiger charge is 2.26. The van der Waals surface area contributed by atoms with Crippen molar-refractivity contribution in [1.82, 2.24) is 0 Å². The molecular formula is C21H26ClN3O4. The monoisotopic (exact) mass is 419 g/mol. The minimum atomic E-state index is -0.568. The van der Waals surface area contributed by atoms with Crippen LogP contribution in [0.25, 0.3) is 0 Å². The molecule has 0 spiro atoms. The number of nitrogens with two attached hydrogens (primary N) is 1. The Hall–Kier alpha value is -2.61. The van der Waals surface area contributed by atoms with E-state index in [4.69, 9.17) is 15.2 Å². The summed E-state index contributed by atoms with van der Waals surface area (Å²) in [5.74, 6) is 0.393. The zero-order chi connectivity index (χ0) is 19.9. The van der Waals surface area contributed by atoms with Gasteiger partial charge < -0.3 is 25.8 Å². The molecule has 0 bridgehead atoms. The molecule has 2 aromatic carbocycles. The Morgan fingerprint density at radius 3 is 2.14 bits per heavy atom. The predicted molar refractivity (Wildman–Crippen MR) is 115 cm³/mol. The van der Waals surface area contributed by atoms with Crippen LogP contribution in [0.2, 0.25) is 0 Å². The maximum absolute atomic E-state index is 12.4. The van der Waals surface area contributed by atoms with Gasteiger partial charge in [-0.2, -0.15) is 0 Å². The van der Waals surface area contributed by atoms with Gasteiger partial charge in [0.15, 0.2) is 0 Å². The molecule has 8 heteroatoms. The fourth-order valence-electron chi connectivity index (χ4n) is 3.10. The van der Waals surface area contributed by atoms with Gasteiger partial charge in [0.25, 0.3) is 5.91 Å². The van der Waals surface area contributed by atoms with Crippen LogP contribution in [0, 0.1) is 5.92 Å². The standard InChI is InChI=1S/C21H25N3O4.ClH/c1-27-18-8-6-17(7-9-18)23-20(25)15-2-4-16(5-3-15)24-21(26)19(22)14-10-12-28-13-11-14;/h2-9,14,19H,10-13,22H2,1H3,(H,23,25)(H,24,26);1H. The smallest absolute Gasteiger partial charge is 0.255 e. The normalized spacial score (nSPS) is 15.0. The second kappa shape index (κ2) is 10.8. The molecule has 0 aromatic heterocycles. The highest BCUT2D eigenvalue weighted by Crippen LogP contribution is 2.20. The molecule has 156 valence electrons. The largest absolute Gasteiger partial charge is 0.497 e. The van der Waals surface area contributed by atoms with Crippen LogP contribution in [-0.2, 0) is 9.53 Å². The molecular weight excluding hydrogens is 394 g/mol. The lowest BCUT2D eigenvalue weighted by atomic mass is 9.92. The fourth-order valence-corrected chi connectivity index (χ4v) is 3.10. The summed E-state index contributed by atoms with van der Waals surface area (Å²) in [6, 6.07) is 13.2. The van der Waals surface area contributed by atoms with Crippen molar-refractivity contribution in [1.29, 1.82) is 0 Å². The number of anilines is 2. The Bertz CT molecular complexity index is 806. The zero-order valence-electron chi connectivity index (χ0n) is 16.2. The maximum atomic E-state index is 12.4. The summed E-state index contributed by atoms with van der Waals surface area (Å²) in [7, 11) is 1.59. The molecule has 3 rings (SSSR count). The number of hydrogen-bond donors (Lipinski definition) is 3. The minimum absolute atomic E-state index is 0. The quantitative estimate of drug-likeness (QED) is 0.667. The lowest BCUT2D eigenvalue weighted by Gasteiger charge is -2.26. The second-order valence-corrected chi connectivity index (χ2v) is 6.72. The zero-order valence-corrected chi connectivity index (χ0v) is 17.0. The number of carbonyl (C=O) groups is 2. The molecule has 2 aromatic rings. The number of ether oxygens (including phenoxy) is 2. The molecule has 1 saturated heterocycles. The van der Waals surface area contributed by atoms with Crippen LogP contribution in [0.1, 0.15) is 23.2 Å². The number of carbonyl (C=O) groups excluding carboxylic acids is 2. The molecule has 7 nitrogen and oxygen atoms in total. The lowest BCUT2D eigenvalue weighted by Crippen LogP contribution is -2.44. The number of nitrogens with one attached hydrogen (secondary N) is 2. The van der Waals surface area contributed by atoms with E-state index in [2.05, 4.69) is 10.6 Å². The molecule has 4 N–H and O–H groups in total. The van der Waals surface area contributed by atoms with E-state index < -0.39 is 6.04 Å². The number of amides is 2. The Kier molecular flexibility index (Phi) is 8.45. The molecule has 1 aliphatic rings. The SMILES string of the molecule is COc1ccc(NC(=O)c2ccc(NC(=O)C(N)C3CCOCC3)cc2)cc1.Cl. The van der Waals surface area contributed by atoms with E-state index in [0.717, 1.165) is 18.6 Å². The maximum Gasteiger partial charge on any atom is 0.255 e. The van der Waals surface area contributed by atoms with E-state index in [0.29, 0.717) is 30.2 Å². The van der Waals surface area contributed by atoms with E-state index in [1.807, 2.05) is 0 Å². The van der Waals surface area contributed by atoms with E-state index in [9.17, 15) is 9.59 Å². The Morgan fingerprint density at radius 2 is 1.55 bits per heavy atom. The first-order chi connectivity index (χ1) is 13.6. The number of hydrogen-bond acceptors (Lipinski definition) is 5. The molecule has 29 heavy (non-hydrogen) atoms. The van der Waals surface area contributed by atoms with Gasteiger partial charge in [0, 0.05) is 30.2 Å². The van der Waals surface area contributed by atoms with Crippen molar-refractivity contribution in [2.75, 3.05) is 31.0 Å². The lowest BCUT2D eigenvalue weighted by molar-refractivity contribution is -0.119. The van der Waals surface area contributed by atoms with Crippen LogP contribution in [0.4, 0.5) is 11.4 Å². The Labute approximate surface area is 176 Å². The van der Waals surface area contributed by atoms with Crippen molar-refractivity contribution < 1.29 is 19.1 Å². The van der Waals surface area contributed by atoms with Crippen LogP contribution in [0.15, 0.2) is 48.5 Å². The highest BCUT2D eigenvalue weighted by atomic mass is 35.5. The molecule has 1 heterocycles. The van der Waals surface area contributed by atoms with E-state index >= 15 is 0 Å². The molecule has 0 aliphatic carbocycles. The Balaban J connectivity index is 0.00000300. The van der Waals surface area contributed by atoms with Crippen molar-refractivity contribution in [3.8, 4) is 5.75 Å². The first kappa shape index (κ1) is 22.7. The van der Waals surface area contributed by atoms with Crippen LogP contribution >= 0.6 is 12.4 Å². The van der Waals surface area contributed by atoms with Gasteiger partial charge in [-0.3, -0.25) is 9.59 Å². The summed E-state index contributed by atoms with van der Waals surface area (Å²) in [5.41, 5.74) is 7.85. The van der Waals surface area contributed by atoms with Gasteiger partial charge in [0.05, 0.1) is 13.2 Å². The number of methoxy groups -OCH3 is 1. The van der Waals surface area contributed by atoms with E-state index in [1.165, 1.54) is 0 Å². The van der Waals surface area contributed by atoms with Gasteiger partial charge in [0.1, 0.15) is 5.75 Å². The van der Waals surface area contributed by atoms with Gasteiger partial charge in [-0.15, -0.1) is 12.4 Å². The first-order valence-electron chi connectivity index (χ1n) is 9.26. The van der Waals surface area contributed by atoms with Gasteiger partial charge in [-0.1, -0.05) is 0 Å². The van der Waals surface area contributed by atoms with Crippen molar-refractivity contribution in [3.05, 3.63) is 54.1 Å². The summed E-state index contributed by atoms with van der Waals surface area (Å²) < 4.78 is 10.4. The van der Waals surface area contributed by atoms with Crippen LogP contribution in [-0.4, -0.2) is 38.2 Å². The van der Waals surface area contributed by atoms with Crippen molar-refractivity contribution >= 4 is 35.6 Å². The molecule has 1 fully saturated rings. The average Bonchev–Trinajstić information content (AvgIpc) is 2.74. The predicted octanol–water partition coefficient (Wildman–Crippen LogP) is 3.06. The molecule has 1 aliphatic heterocycles. The third-order valence-corrected chi connectivity index (χ3v) is 4.84. The van der Waals surface area contributed by atoms with Gasteiger partial charge in [-0.25, -0.2) is 0 Å². The summed E-state index contributed by atoms with van der Waals surface area (Å²) in [6.45, 7) is 1.29. The third-order valence-electron chi connectivity index (χ3n) is 4.84. The van der Waals surface area contributed by atoms with Gasteiger partial charge in [0.2, 0.25) is 5.91 Å². The van der Waals surface area contributed by atoms with Crippen LogP contribution < -0.4 is 21.1 Å². The topological polar surface area (TPSA) is 103 Å². The van der Waals surface area contributed by atoms with Gasteiger partial charge >= 0.3 is 0 Å². The number of rotatable bonds is 6. The third kappa shape index (κ3) is 6.19. The number of halogens is 1. The summed E-state index contributed by atoms with van der Waals surface area (Å²) >= 11 is 0. The van der Waals surface area contributed by atoms with Crippen LogP contribution in [0.5, 0.6) is 5.75 Å². The molecule has 1 atom stereocenters. The molecule has 1 unspecified atom stereocenters. The molecule has 0 radical (unpaired) electrons. The van der Waals surface area contributed by atoms with Crippen molar-refractivity contribution in [3.63, 3.8) is 0 Å². The molecule has 2 amide bonds. The van der Waals surface area contributed by atoms with Crippen LogP contribution in [0.3, 0.4) is 0 Å². The van der Waals surface area contributed by atoms with Crippen molar-refractivity contribution in [2.24, 2.45) is 11.7 Å². The van der Waals surface area contributed by atoms with E-state index in [-0.39, 0.29) is 30.1 Å².